The molecule has 1 N–H and O–H groups in total. The summed E-state index contributed by atoms with van der Waals surface area (Å²) in [4.78, 5) is 38.9. The molecule has 2 unspecified atom stereocenters. The van der Waals surface area contributed by atoms with Crippen LogP contribution in [0, 0.1) is 0 Å². The molecule has 2 heterocycles. The van der Waals surface area contributed by atoms with Gasteiger partial charge in [0.2, 0.25) is 11.8 Å². The van der Waals surface area contributed by atoms with Crippen molar-refractivity contribution in [3.8, 4) is 0 Å². The summed E-state index contributed by atoms with van der Waals surface area (Å²) in [5.41, 5.74) is 1.89. The summed E-state index contributed by atoms with van der Waals surface area (Å²) in [6.07, 6.45) is 0.219. The van der Waals surface area contributed by atoms with Crippen LogP contribution in [0.3, 0.4) is 0 Å². The molecule has 0 aliphatic carbocycles. The molecule has 2 amide bonds. The quantitative estimate of drug-likeness (QED) is 0.438. The molecule has 0 radical (unpaired) electrons. The first-order valence-electron chi connectivity index (χ1n) is 4.66. The molecule has 3 atom stereocenters. The molecule has 7 nitrogen and oxygen atoms in total. The molecule has 16 heavy (non-hydrogen) atoms. The molecule has 2 saturated heterocycles. The highest BCUT2D eigenvalue weighted by Crippen LogP contribution is 2.32. The average Bonchev–Trinajstić information content (AvgIpc) is 2.46. The van der Waals surface area contributed by atoms with Gasteiger partial charge in [0, 0.05) is 17.7 Å². The fraction of sp³-hybridized carbons (Fsp3) is 0.625. The van der Waals surface area contributed by atoms with Crippen LogP contribution < -0.4 is 5.48 Å². The van der Waals surface area contributed by atoms with Crippen LogP contribution in [0.5, 0.6) is 0 Å². The largest absolute Gasteiger partial charge is 0.355 e. The standard InChI is InChI=1S/C8H10N2O5S/c1-4(11)9-15-8(13)5-3-16(14)7-2-6(12)10(5)7/h5,7H,2-3H2,1H3,(H,9,11)/t5?,7-,16?/m1/s1. The monoisotopic (exact) mass is 246 g/mol. The fourth-order valence-corrected chi connectivity index (χ4v) is 3.39. The lowest BCUT2D eigenvalue weighted by Gasteiger charge is -2.35. The van der Waals surface area contributed by atoms with Gasteiger partial charge in [-0.05, 0) is 0 Å². The van der Waals surface area contributed by atoms with Gasteiger partial charge >= 0.3 is 5.97 Å². The van der Waals surface area contributed by atoms with Gasteiger partial charge in [-0.25, -0.2) is 4.79 Å². The van der Waals surface area contributed by atoms with Gasteiger partial charge in [0.05, 0.1) is 12.2 Å². The van der Waals surface area contributed by atoms with Crippen molar-refractivity contribution < 1.29 is 23.4 Å². The maximum absolute atomic E-state index is 11.5. The zero-order valence-corrected chi connectivity index (χ0v) is 9.28. The SMILES string of the molecule is CC(=O)NOC(=O)C1CS(=O)[C@@H]2CC(=O)N12. The van der Waals surface area contributed by atoms with Gasteiger partial charge in [0.25, 0.3) is 0 Å². The average molecular weight is 246 g/mol. The lowest BCUT2D eigenvalue weighted by Crippen LogP contribution is -2.56. The Morgan fingerprint density at radius 1 is 1.56 bits per heavy atom. The van der Waals surface area contributed by atoms with Gasteiger partial charge in [-0.3, -0.25) is 13.8 Å². The van der Waals surface area contributed by atoms with Crippen molar-refractivity contribution in [2.24, 2.45) is 0 Å². The Balaban J connectivity index is 1.99. The summed E-state index contributed by atoms with van der Waals surface area (Å²) < 4.78 is 11.5. The Labute approximate surface area is 93.5 Å². The highest BCUT2D eigenvalue weighted by atomic mass is 32.2. The third-order valence-electron chi connectivity index (χ3n) is 2.48. The third kappa shape index (κ3) is 1.69. The zero-order valence-electron chi connectivity index (χ0n) is 8.47. The van der Waals surface area contributed by atoms with E-state index < -0.39 is 28.7 Å². The molecule has 0 aromatic rings. The number of carbonyl (C=O) groups excluding carboxylic acids is 3. The molecule has 2 aliphatic heterocycles. The highest BCUT2D eigenvalue weighted by molar-refractivity contribution is 7.86. The van der Waals surface area contributed by atoms with E-state index in [1.54, 1.807) is 0 Å². The summed E-state index contributed by atoms with van der Waals surface area (Å²) in [7, 11) is -1.20. The maximum atomic E-state index is 11.5. The number of nitrogens with one attached hydrogen (secondary N) is 1. The Morgan fingerprint density at radius 3 is 2.81 bits per heavy atom. The van der Waals surface area contributed by atoms with E-state index >= 15 is 0 Å². The van der Waals surface area contributed by atoms with E-state index in [1.165, 1.54) is 11.8 Å². The Hall–Kier alpha value is -1.44. The summed E-state index contributed by atoms with van der Waals surface area (Å²) in [6.45, 7) is 1.19. The van der Waals surface area contributed by atoms with Crippen LogP contribution in [-0.4, -0.2) is 44.1 Å². The molecular weight excluding hydrogens is 236 g/mol. The number of hydroxylamine groups is 1. The summed E-state index contributed by atoms with van der Waals surface area (Å²) in [5.74, 6) is -1.40. The van der Waals surface area contributed by atoms with Crippen LogP contribution in [0.25, 0.3) is 0 Å². The van der Waals surface area contributed by atoms with Gasteiger partial charge < -0.3 is 9.74 Å². The number of hydrogen-bond acceptors (Lipinski definition) is 5. The lowest BCUT2D eigenvalue weighted by molar-refractivity contribution is -0.167. The molecule has 8 heteroatoms. The topological polar surface area (TPSA) is 92.8 Å². The number of amides is 2. The first kappa shape index (κ1) is 11.1. The smallest absolute Gasteiger partial charge is 0.338 e. The molecule has 2 aliphatic rings. The van der Waals surface area contributed by atoms with Crippen molar-refractivity contribution in [1.82, 2.24) is 10.4 Å². The Kier molecular flexibility index (Phi) is 2.66. The van der Waals surface area contributed by atoms with Gasteiger partial charge in [-0.2, -0.15) is 5.48 Å². The Bertz CT molecular complexity index is 396. The van der Waals surface area contributed by atoms with Gasteiger partial charge in [-0.1, -0.05) is 0 Å². The molecule has 2 fully saturated rings. The number of rotatable bonds is 1. The first-order chi connectivity index (χ1) is 7.50. The van der Waals surface area contributed by atoms with Crippen LogP contribution in [0.15, 0.2) is 0 Å². The van der Waals surface area contributed by atoms with Crippen LogP contribution >= 0.6 is 0 Å². The van der Waals surface area contributed by atoms with Crippen molar-refractivity contribution in [1.29, 1.82) is 0 Å². The zero-order chi connectivity index (χ0) is 11.9. The highest BCUT2D eigenvalue weighted by Gasteiger charge is 2.54. The maximum Gasteiger partial charge on any atom is 0.355 e. The van der Waals surface area contributed by atoms with Crippen molar-refractivity contribution in [2.75, 3.05) is 5.75 Å². The van der Waals surface area contributed by atoms with Gasteiger partial charge in [0.1, 0.15) is 11.4 Å². The van der Waals surface area contributed by atoms with E-state index in [2.05, 4.69) is 4.84 Å². The second-order valence-corrected chi connectivity index (χ2v) is 5.24. The first-order valence-corrected chi connectivity index (χ1v) is 6.04. The normalized spacial score (nSPS) is 31.7. The molecule has 0 bridgehead atoms. The van der Waals surface area contributed by atoms with Crippen LogP contribution in [0.1, 0.15) is 13.3 Å². The Morgan fingerprint density at radius 2 is 2.25 bits per heavy atom. The van der Waals surface area contributed by atoms with Crippen molar-refractivity contribution in [3.05, 3.63) is 0 Å². The third-order valence-corrected chi connectivity index (χ3v) is 4.12. The second-order valence-electron chi connectivity index (χ2n) is 3.60. The van der Waals surface area contributed by atoms with E-state index in [-0.39, 0.29) is 23.5 Å². The second kappa shape index (κ2) is 3.85. The van der Waals surface area contributed by atoms with Crippen LogP contribution in [0.2, 0.25) is 0 Å². The van der Waals surface area contributed by atoms with Gasteiger partial charge in [-0.15, -0.1) is 0 Å². The predicted molar refractivity (Wildman–Crippen MR) is 52.0 cm³/mol. The van der Waals surface area contributed by atoms with E-state index in [9.17, 15) is 18.6 Å². The number of fused-ring (bicyclic) bond motifs is 1. The minimum absolute atomic E-state index is 0.0782. The van der Waals surface area contributed by atoms with Crippen molar-refractivity contribution in [2.45, 2.75) is 24.8 Å². The molecule has 88 valence electrons. The van der Waals surface area contributed by atoms with Crippen LogP contribution in [0.4, 0.5) is 0 Å². The molecule has 0 aromatic heterocycles. The van der Waals surface area contributed by atoms with E-state index in [0.717, 1.165) is 0 Å². The fourth-order valence-electron chi connectivity index (χ4n) is 1.71. The summed E-state index contributed by atoms with van der Waals surface area (Å²) in [5, 5.41) is -0.359. The number of hydrogen-bond donors (Lipinski definition) is 1. The molecule has 0 spiro atoms. The molecule has 0 aromatic carbocycles. The summed E-state index contributed by atoms with van der Waals surface area (Å²) >= 11 is 0. The van der Waals surface area contributed by atoms with Gasteiger partial charge in [0.15, 0.2) is 0 Å². The summed E-state index contributed by atoms with van der Waals surface area (Å²) in [6, 6.07) is -0.834. The minimum Gasteiger partial charge on any atom is -0.338 e. The molecule has 2 rings (SSSR count). The number of nitrogens with zero attached hydrogens (tertiary/aromatic N) is 1. The van der Waals surface area contributed by atoms with Crippen molar-refractivity contribution >= 4 is 28.6 Å². The lowest BCUT2D eigenvalue weighted by atomic mass is 10.1. The molecular formula is C8H10N2O5S. The molecule has 0 saturated carbocycles. The minimum atomic E-state index is -1.20. The van der Waals surface area contributed by atoms with E-state index in [4.69, 9.17) is 0 Å². The van der Waals surface area contributed by atoms with E-state index in [0.29, 0.717) is 0 Å². The number of carbonyl (C=O) groups is 3. The van der Waals surface area contributed by atoms with Crippen molar-refractivity contribution in [3.63, 3.8) is 0 Å². The van der Waals surface area contributed by atoms with E-state index in [1.807, 2.05) is 5.48 Å². The predicted octanol–water partition coefficient (Wildman–Crippen LogP) is -1.73. The number of β-lactam (4-membered cyclic amide) rings is 1. The van der Waals surface area contributed by atoms with Crippen LogP contribution in [-0.2, 0) is 30.0 Å².